The van der Waals surface area contributed by atoms with E-state index in [9.17, 15) is 9.59 Å². The minimum absolute atomic E-state index is 0.0115. The van der Waals surface area contributed by atoms with E-state index in [1.54, 1.807) is 18.3 Å². The van der Waals surface area contributed by atoms with Gasteiger partial charge in [0.25, 0.3) is 0 Å². The van der Waals surface area contributed by atoms with Crippen molar-refractivity contribution in [3.8, 4) is 0 Å². The molecule has 3 aromatic rings. The molecule has 0 spiro atoms. The van der Waals surface area contributed by atoms with Gasteiger partial charge in [-0.1, -0.05) is 71.9 Å². The number of hydrogen-bond acceptors (Lipinski definition) is 4. The highest BCUT2D eigenvalue weighted by molar-refractivity contribution is 8.04. The molecule has 1 heterocycles. The lowest BCUT2D eigenvalue weighted by molar-refractivity contribution is 0.0967. The Hall–Kier alpha value is -2.98. The molecule has 4 heteroatoms. The van der Waals surface area contributed by atoms with Crippen molar-refractivity contribution in [3.63, 3.8) is 0 Å². The molecule has 1 aromatic heterocycles. The number of pyridine rings is 1. The first kappa shape index (κ1) is 20.9. The SMILES string of the molecule is Cc1ccc(C2CCC(C3=C(Sc4ccccn4)C(=O)c4ccccc4C3=O)CC2)cc1. The van der Waals surface area contributed by atoms with Crippen molar-refractivity contribution in [1.29, 1.82) is 0 Å². The number of benzene rings is 2. The van der Waals surface area contributed by atoms with Crippen molar-refractivity contribution in [1.82, 2.24) is 4.98 Å². The third-order valence-corrected chi connectivity index (χ3v) is 7.70. The van der Waals surface area contributed by atoms with Crippen LogP contribution >= 0.6 is 11.8 Å². The highest BCUT2D eigenvalue weighted by atomic mass is 32.2. The van der Waals surface area contributed by atoms with Crippen LogP contribution in [0.3, 0.4) is 0 Å². The van der Waals surface area contributed by atoms with Crippen molar-refractivity contribution < 1.29 is 9.59 Å². The van der Waals surface area contributed by atoms with Crippen LogP contribution in [0.25, 0.3) is 0 Å². The van der Waals surface area contributed by atoms with Gasteiger partial charge in [0.2, 0.25) is 5.78 Å². The summed E-state index contributed by atoms with van der Waals surface area (Å²) in [6.45, 7) is 2.11. The molecule has 5 rings (SSSR count). The maximum Gasteiger partial charge on any atom is 0.200 e. The van der Waals surface area contributed by atoms with Gasteiger partial charge in [-0.3, -0.25) is 9.59 Å². The second-order valence-electron chi connectivity index (χ2n) is 8.68. The molecule has 2 aromatic carbocycles. The largest absolute Gasteiger partial charge is 0.289 e. The lowest BCUT2D eigenvalue weighted by atomic mass is 9.72. The van der Waals surface area contributed by atoms with Crippen LogP contribution in [-0.2, 0) is 0 Å². The van der Waals surface area contributed by atoms with Gasteiger partial charge in [-0.2, -0.15) is 0 Å². The molecule has 3 nitrogen and oxygen atoms in total. The summed E-state index contributed by atoms with van der Waals surface area (Å²) >= 11 is 1.34. The molecule has 2 aliphatic rings. The summed E-state index contributed by atoms with van der Waals surface area (Å²) in [5.41, 5.74) is 4.40. The van der Waals surface area contributed by atoms with E-state index in [1.807, 2.05) is 30.3 Å². The number of fused-ring (bicyclic) bond motifs is 1. The predicted molar refractivity (Wildman–Crippen MR) is 128 cm³/mol. The van der Waals surface area contributed by atoms with Crippen LogP contribution in [0, 0.1) is 12.8 Å². The third-order valence-electron chi connectivity index (χ3n) is 6.64. The van der Waals surface area contributed by atoms with Crippen LogP contribution in [0.2, 0.25) is 0 Å². The molecule has 0 saturated heterocycles. The second kappa shape index (κ2) is 8.87. The molecule has 0 atom stereocenters. The fraction of sp³-hybridized carbons (Fsp3) is 0.250. The van der Waals surface area contributed by atoms with Crippen molar-refractivity contribution in [3.05, 3.63) is 106 Å². The highest BCUT2D eigenvalue weighted by Gasteiger charge is 2.38. The molecular formula is C28H25NO2S. The first-order chi connectivity index (χ1) is 15.6. The number of hydrogen-bond donors (Lipinski definition) is 0. The Morgan fingerprint density at radius 3 is 2.03 bits per heavy atom. The van der Waals surface area contributed by atoms with E-state index in [0.717, 1.165) is 30.7 Å². The maximum absolute atomic E-state index is 13.6. The summed E-state index contributed by atoms with van der Waals surface area (Å²) in [6, 6.07) is 21.7. The lowest BCUT2D eigenvalue weighted by Gasteiger charge is -2.32. The fourth-order valence-electron chi connectivity index (χ4n) is 4.91. The summed E-state index contributed by atoms with van der Waals surface area (Å²) in [5, 5.41) is 0.744. The molecule has 0 bridgehead atoms. The Morgan fingerprint density at radius 1 is 0.750 bits per heavy atom. The number of ketones is 2. The zero-order valence-electron chi connectivity index (χ0n) is 18.1. The van der Waals surface area contributed by atoms with E-state index < -0.39 is 0 Å². The third kappa shape index (κ3) is 3.95. The van der Waals surface area contributed by atoms with Gasteiger partial charge in [-0.05, 0) is 62.1 Å². The Bertz CT molecular complexity index is 1190. The summed E-state index contributed by atoms with van der Waals surface area (Å²) in [6.07, 6.45) is 5.62. The van der Waals surface area contributed by atoms with E-state index >= 15 is 0 Å². The maximum atomic E-state index is 13.6. The number of Topliss-reactive ketones (excluding diaryl/α,β-unsaturated/α-hetero) is 2. The van der Waals surface area contributed by atoms with E-state index in [0.29, 0.717) is 27.5 Å². The number of carbonyl (C=O) groups excluding carboxylic acids is 2. The van der Waals surface area contributed by atoms with Gasteiger partial charge in [0, 0.05) is 22.9 Å². The quantitative estimate of drug-likeness (QED) is 0.449. The predicted octanol–water partition coefficient (Wildman–Crippen LogP) is 6.79. The number of carbonyl (C=O) groups is 2. The fourth-order valence-corrected chi connectivity index (χ4v) is 5.95. The average Bonchev–Trinajstić information content (AvgIpc) is 2.84. The van der Waals surface area contributed by atoms with E-state index in [-0.39, 0.29) is 17.5 Å². The smallest absolute Gasteiger partial charge is 0.200 e. The Labute approximate surface area is 193 Å². The number of rotatable bonds is 4. The average molecular weight is 440 g/mol. The summed E-state index contributed by atoms with van der Waals surface area (Å²) in [5.74, 6) is 0.581. The van der Waals surface area contributed by atoms with E-state index in [4.69, 9.17) is 0 Å². The topological polar surface area (TPSA) is 47.0 Å². The normalized spacial score (nSPS) is 20.9. The van der Waals surface area contributed by atoms with Crippen molar-refractivity contribution in [2.24, 2.45) is 5.92 Å². The van der Waals surface area contributed by atoms with Crippen LogP contribution < -0.4 is 0 Å². The summed E-state index contributed by atoms with van der Waals surface area (Å²) in [7, 11) is 0. The Morgan fingerprint density at radius 2 is 1.38 bits per heavy atom. The zero-order valence-corrected chi connectivity index (χ0v) is 18.9. The summed E-state index contributed by atoms with van der Waals surface area (Å²) in [4.78, 5) is 32.0. The van der Waals surface area contributed by atoms with Gasteiger partial charge in [0.1, 0.15) is 5.03 Å². The van der Waals surface area contributed by atoms with Gasteiger partial charge in [0.15, 0.2) is 5.78 Å². The van der Waals surface area contributed by atoms with Crippen molar-refractivity contribution in [2.45, 2.75) is 43.6 Å². The van der Waals surface area contributed by atoms with Gasteiger partial charge < -0.3 is 0 Å². The number of aryl methyl sites for hydroxylation is 1. The van der Waals surface area contributed by atoms with Crippen LogP contribution in [0.1, 0.15) is 63.4 Å². The van der Waals surface area contributed by atoms with Gasteiger partial charge in [-0.25, -0.2) is 4.98 Å². The molecule has 0 amide bonds. The standard InChI is InChI=1S/C28H25NO2S/c1-18-9-11-19(12-10-18)20-13-15-21(16-14-20)25-26(30)22-6-2-3-7-23(22)27(31)28(25)32-24-8-4-5-17-29-24/h2-12,17,20-21H,13-16H2,1H3. The molecule has 1 saturated carbocycles. The van der Waals surface area contributed by atoms with Crippen molar-refractivity contribution >= 4 is 23.3 Å². The van der Waals surface area contributed by atoms with Gasteiger partial charge in [0.05, 0.1) is 4.91 Å². The molecule has 160 valence electrons. The first-order valence-corrected chi connectivity index (χ1v) is 12.0. The van der Waals surface area contributed by atoms with Crippen LogP contribution in [0.15, 0.2) is 88.4 Å². The molecule has 2 aliphatic carbocycles. The monoisotopic (exact) mass is 439 g/mol. The Kier molecular flexibility index (Phi) is 5.79. The molecule has 0 radical (unpaired) electrons. The van der Waals surface area contributed by atoms with Crippen LogP contribution in [0.5, 0.6) is 0 Å². The first-order valence-electron chi connectivity index (χ1n) is 11.2. The minimum atomic E-state index is -0.0495. The molecule has 0 aliphatic heterocycles. The molecular weight excluding hydrogens is 414 g/mol. The van der Waals surface area contributed by atoms with Crippen molar-refractivity contribution in [2.75, 3.05) is 0 Å². The summed E-state index contributed by atoms with van der Waals surface area (Å²) < 4.78 is 0. The lowest BCUT2D eigenvalue weighted by Crippen LogP contribution is -2.27. The van der Waals surface area contributed by atoms with Gasteiger partial charge in [-0.15, -0.1) is 0 Å². The molecule has 32 heavy (non-hydrogen) atoms. The van der Waals surface area contributed by atoms with Crippen LogP contribution in [-0.4, -0.2) is 16.6 Å². The van der Waals surface area contributed by atoms with Gasteiger partial charge >= 0.3 is 0 Å². The Balaban J connectivity index is 1.47. The van der Waals surface area contributed by atoms with Crippen LogP contribution in [0.4, 0.5) is 0 Å². The van der Waals surface area contributed by atoms with E-state index in [1.165, 1.54) is 22.9 Å². The number of nitrogens with zero attached hydrogens (tertiary/aromatic N) is 1. The van der Waals surface area contributed by atoms with E-state index in [2.05, 4.69) is 36.2 Å². The minimum Gasteiger partial charge on any atom is -0.289 e. The molecule has 0 N–H and O–H groups in total. The number of allylic oxidation sites excluding steroid dienone is 2. The molecule has 0 unspecified atom stereocenters. The molecule has 1 fully saturated rings. The highest BCUT2D eigenvalue weighted by Crippen LogP contribution is 2.45. The number of thioether (sulfide) groups is 1. The zero-order chi connectivity index (χ0) is 22.1. The second-order valence-corrected chi connectivity index (χ2v) is 9.71. The number of aromatic nitrogens is 1.